The number of nitrogens with zero attached hydrogens (tertiary/aromatic N) is 3. The first-order valence-electron chi connectivity index (χ1n) is 20.5. The molecule has 11 aromatic rings. The molecule has 0 radical (unpaired) electrons. The summed E-state index contributed by atoms with van der Waals surface area (Å²) in [7, 11) is 0. The third kappa shape index (κ3) is 5.67. The largest absolute Gasteiger partial charge is 0.455 e. The average molecular weight is 765 g/mol. The van der Waals surface area contributed by atoms with Crippen LogP contribution in [0.3, 0.4) is 0 Å². The van der Waals surface area contributed by atoms with Crippen LogP contribution in [0.4, 0.5) is 0 Å². The molecule has 5 nitrogen and oxygen atoms in total. The zero-order chi connectivity index (χ0) is 40.2. The highest BCUT2D eigenvalue weighted by Gasteiger charge is 2.24. The summed E-state index contributed by atoms with van der Waals surface area (Å²) in [5.41, 5.74) is 14.6. The number of nitrogens with one attached hydrogen (secondary N) is 1. The Hall–Kier alpha value is -6.98. The van der Waals surface area contributed by atoms with Crippen LogP contribution in [0, 0.1) is 0 Å². The van der Waals surface area contributed by atoms with E-state index in [1.54, 1.807) is 0 Å². The number of fused-ring (bicyclic) bond motifs is 9. The summed E-state index contributed by atoms with van der Waals surface area (Å²) in [5.74, 6) is 0.795. The highest BCUT2D eigenvalue weighted by molar-refractivity contribution is 6.16. The topological polar surface area (TPSA) is 59.6 Å². The Labute approximate surface area is 343 Å². The molecule has 0 aliphatic heterocycles. The molecule has 59 heavy (non-hydrogen) atoms. The first-order chi connectivity index (χ1) is 28.5. The predicted molar refractivity (Wildman–Crippen MR) is 247 cm³/mol. The van der Waals surface area contributed by atoms with Crippen molar-refractivity contribution < 1.29 is 4.42 Å². The number of rotatable bonds is 4. The fraction of sp³-hybridized carbons (Fsp3) is 0.148. The highest BCUT2D eigenvalue weighted by Crippen LogP contribution is 2.44. The van der Waals surface area contributed by atoms with Crippen LogP contribution in [0.2, 0.25) is 0 Å². The zero-order valence-corrected chi connectivity index (χ0v) is 34.2. The normalized spacial score (nSPS) is 12.6. The molecule has 0 bridgehead atoms. The quantitative estimate of drug-likeness (QED) is 0.194. The molecule has 0 fully saturated rings. The predicted octanol–water partition coefficient (Wildman–Crippen LogP) is 14.7. The molecule has 6 aromatic carbocycles. The van der Waals surface area contributed by atoms with E-state index in [0.717, 1.165) is 94.2 Å². The van der Waals surface area contributed by atoms with Crippen molar-refractivity contribution in [1.29, 1.82) is 0 Å². The maximum Gasteiger partial charge on any atom is 0.146 e. The summed E-state index contributed by atoms with van der Waals surface area (Å²) >= 11 is 0. The number of para-hydroxylation sites is 2. The second-order valence-corrected chi connectivity index (χ2v) is 18.0. The fourth-order valence-electron chi connectivity index (χ4n) is 8.89. The van der Waals surface area contributed by atoms with E-state index in [-0.39, 0.29) is 10.8 Å². The Morgan fingerprint density at radius 3 is 2.07 bits per heavy atom. The minimum absolute atomic E-state index is 0.0277. The van der Waals surface area contributed by atoms with Crippen LogP contribution in [0.5, 0.6) is 0 Å². The molecule has 286 valence electrons. The van der Waals surface area contributed by atoms with Crippen molar-refractivity contribution in [2.75, 3.05) is 0 Å². The van der Waals surface area contributed by atoms with E-state index in [1.165, 1.54) is 21.9 Å². The van der Waals surface area contributed by atoms with Crippen molar-refractivity contribution in [2.45, 2.75) is 52.4 Å². The van der Waals surface area contributed by atoms with E-state index in [0.29, 0.717) is 0 Å². The zero-order valence-electron chi connectivity index (χ0n) is 34.2. The van der Waals surface area contributed by atoms with Gasteiger partial charge in [0.1, 0.15) is 22.6 Å². The monoisotopic (exact) mass is 764 g/mol. The number of aromatic nitrogens is 4. The number of hydrogen-bond acceptors (Lipinski definition) is 3. The molecular formula is C54H44N4O. The van der Waals surface area contributed by atoms with Crippen molar-refractivity contribution in [1.82, 2.24) is 19.5 Å². The van der Waals surface area contributed by atoms with Crippen LogP contribution in [0.15, 0.2) is 156 Å². The minimum Gasteiger partial charge on any atom is -0.455 e. The summed E-state index contributed by atoms with van der Waals surface area (Å²) < 4.78 is 9.04. The van der Waals surface area contributed by atoms with Gasteiger partial charge < -0.3 is 9.40 Å². The lowest BCUT2D eigenvalue weighted by atomic mass is 9.83. The Kier molecular flexibility index (Phi) is 7.61. The second-order valence-electron chi connectivity index (χ2n) is 18.0. The molecule has 5 aromatic heterocycles. The van der Waals surface area contributed by atoms with Gasteiger partial charge in [-0.1, -0.05) is 114 Å². The Bertz CT molecular complexity index is 3410. The van der Waals surface area contributed by atoms with Crippen molar-refractivity contribution in [2.24, 2.45) is 0 Å². The van der Waals surface area contributed by atoms with Crippen molar-refractivity contribution in [3.8, 4) is 39.3 Å². The summed E-state index contributed by atoms with van der Waals surface area (Å²) in [6.45, 7) is 13.8. The number of furan rings is 1. The van der Waals surface area contributed by atoms with Crippen molar-refractivity contribution >= 4 is 65.7 Å². The lowest BCUT2D eigenvalue weighted by Crippen LogP contribution is -2.11. The molecule has 0 atom stereocenters. The van der Waals surface area contributed by atoms with Crippen LogP contribution < -0.4 is 0 Å². The molecule has 0 amide bonds. The SMILES string of the molecule is CC(C)(C)c1ccc2[nH]c3c(-c4cc(-c5cc(-c6ccccc6)cc(-n6c7ccccc7c7cccnc76)n5)c5oc6ccccc6c5c4)cc(C(C)(C)C)cc3c2c1. The van der Waals surface area contributed by atoms with Crippen LogP contribution >= 0.6 is 0 Å². The maximum absolute atomic E-state index is 6.84. The van der Waals surface area contributed by atoms with Crippen LogP contribution in [0.25, 0.3) is 105 Å². The standard InChI is InChI=1S/C54H44N4O/c1-53(2,3)35-22-23-45-41(29-35)42-31-36(54(4,5)6)30-40(50(42)57-45)34-25-43-38-18-11-13-21-48(38)59-51(43)44(26-34)46-27-33(32-15-8-7-9-16-32)28-49(56-46)58-47-20-12-10-17-37(47)39-19-14-24-55-52(39)58/h7-31,57H,1-6H3. The molecule has 0 saturated carbocycles. The Morgan fingerprint density at radius 2 is 1.25 bits per heavy atom. The molecule has 5 heteroatoms. The molecule has 0 aliphatic rings. The van der Waals surface area contributed by atoms with Gasteiger partial charge >= 0.3 is 0 Å². The lowest BCUT2D eigenvalue weighted by molar-refractivity contribution is 0.590. The summed E-state index contributed by atoms with van der Waals surface area (Å²) in [6, 6.07) is 52.3. The summed E-state index contributed by atoms with van der Waals surface area (Å²) in [5, 5.41) is 6.84. The summed E-state index contributed by atoms with van der Waals surface area (Å²) in [4.78, 5) is 14.4. The number of aromatic amines is 1. The van der Waals surface area contributed by atoms with Gasteiger partial charge in [0, 0.05) is 55.2 Å². The van der Waals surface area contributed by atoms with Gasteiger partial charge in [0.2, 0.25) is 0 Å². The lowest BCUT2D eigenvalue weighted by Gasteiger charge is -2.21. The van der Waals surface area contributed by atoms with Gasteiger partial charge in [-0.2, -0.15) is 0 Å². The van der Waals surface area contributed by atoms with Gasteiger partial charge in [0.25, 0.3) is 0 Å². The van der Waals surface area contributed by atoms with E-state index in [9.17, 15) is 0 Å². The first kappa shape index (κ1) is 35.2. The van der Waals surface area contributed by atoms with Crippen LogP contribution in [0.1, 0.15) is 52.7 Å². The third-order valence-electron chi connectivity index (χ3n) is 12.1. The smallest absolute Gasteiger partial charge is 0.146 e. The Balaban J connectivity index is 1.24. The van der Waals surface area contributed by atoms with E-state index in [1.807, 2.05) is 18.3 Å². The van der Waals surface area contributed by atoms with Gasteiger partial charge in [-0.25, -0.2) is 9.97 Å². The van der Waals surface area contributed by atoms with E-state index in [2.05, 4.69) is 185 Å². The van der Waals surface area contributed by atoms with E-state index in [4.69, 9.17) is 14.4 Å². The molecule has 0 spiro atoms. The number of hydrogen-bond donors (Lipinski definition) is 1. The van der Waals surface area contributed by atoms with Crippen LogP contribution in [-0.4, -0.2) is 19.5 Å². The van der Waals surface area contributed by atoms with Gasteiger partial charge in [0.15, 0.2) is 0 Å². The molecule has 0 saturated heterocycles. The number of benzene rings is 6. The highest BCUT2D eigenvalue weighted by atomic mass is 16.3. The Morgan fingerprint density at radius 1 is 0.525 bits per heavy atom. The molecule has 0 aliphatic carbocycles. The third-order valence-corrected chi connectivity index (χ3v) is 12.1. The van der Waals surface area contributed by atoms with E-state index >= 15 is 0 Å². The van der Waals surface area contributed by atoms with Gasteiger partial charge in [-0.05, 0) is 111 Å². The first-order valence-corrected chi connectivity index (χ1v) is 20.5. The van der Waals surface area contributed by atoms with Gasteiger partial charge in [-0.3, -0.25) is 4.57 Å². The number of H-pyrrole nitrogens is 1. The van der Waals surface area contributed by atoms with Gasteiger partial charge in [-0.15, -0.1) is 0 Å². The van der Waals surface area contributed by atoms with E-state index < -0.39 is 0 Å². The molecular weight excluding hydrogens is 721 g/mol. The van der Waals surface area contributed by atoms with Crippen LogP contribution in [-0.2, 0) is 10.8 Å². The summed E-state index contributed by atoms with van der Waals surface area (Å²) in [6.07, 6.45) is 1.86. The number of pyridine rings is 2. The molecule has 11 rings (SSSR count). The minimum atomic E-state index is -0.0831. The fourth-order valence-corrected chi connectivity index (χ4v) is 8.89. The maximum atomic E-state index is 6.84. The average Bonchev–Trinajstić information content (AvgIpc) is 3.92. The molecule has 0 unspecified atom stereocenters. The second kappa shape index (κ2) is 12.8. The molecule has 5 heterocycles. The van der Waals surface area contributed by atoms with Gasteiger partial charge in [0.05, 0.1) is 16.7 Å². The van der Waals surface area contributed by atoms with Crippen molar-refractivity contribution in [3.05, 3.63) is 163 Å². The molecule has 1 N–H and O–H groups in total. The van der Waals surface area contributed by atoms with Crippen molar-refractivity contribution in [3.63, 3.8) is 0 Å².